The van der Waals surface area contributed by atoms with Crippen LogP contribution in [0.2, 0.25) is 5.02 Å². The van der Waals surface area contributed by atoms with E-state index in [2.05, 4.69) is 5.32 Å². The Morgan fingerprint density at radius 2 is 1.84 bits per heavy atom. The molecular weight excluding hydrogens is 440 g/mol. The number of sulfonamides is 1. The molecule has 3 rings (SSSR count). The smallest absolute Gasteiger partial charge is 0.244 e. The van der Waals surface area contributed by atoms with Crippen molar-refractivity contribution in [1.82, 2.24) is 5.32 Å². The van der Waals surface area contributed by atoms with Gasteiger partial charge in [-0.15, -0.1) is 0 Å². The number of carbonyl (C=O) groups is 1. The lowest BCUT2D eigenvalue weighted by atomic mass is 10.1. The van der Waals surface area contributed by atoms with Crippen LogP contribution in [0.25, 0.3) is 0 Å². The van der Waals surface area contributed by atoms with Gasteiger partial charge in [0.2, 0.25) is 15.9 Å². The van der Waals surface area contributed by atoms with Gasteiger partial charge in [0, 0.05) is 5.02 Å². The molecule has 1 heterocycles. The molecule has 7 nitrogen and oxygen atoms in total. The van der Waals surface area contributed by atoms with Crippen molar-refractivity contribution < 1.29 is 22.7 Å². The average Bonchev–Trinajstić information content (AvgIpc) is 2.72. The van der Waals surface area contributed by atoms with Crippen LogP contribution in [0.5, 0.6) is 11.5 Å². The molecule has 0 radical (unpaired) electrons. The van der Waals surface area contributed by atoms with Crippen LogP contribution >= 0.6 is 11.6 Å². The summed E-state index contributed by atoms with van der Waals surface area (Å²) >= 11 is 6.21. The van der Waals surface area contributed by atoms with Gasteiger partial charge in [0.25, 0.3) is 0 Å². The quantitative estimate of drug-likeness (QED) is 0.670. The van der Waals surface area contributed by atoms with Gasteiger partial charge in [-0.3, -0.25) is 9.10 Å². The van der Waals surface area contributed by atoms with E-state index in [-0.39, 0.29) is 12.5 Å². The number of nitrogens with one attached hydrogen (secondary N) is 1. The number of hydrogen-bond donors (Lipinski definition) is 1. The summed E-state index contributed by atoms with van der Waals surface area (Å²) in [4.78, 5) is 13.2. The number of carbonyl (C=O) groups excluding carboxylic acids is 1. The third-order valence-corrected chi connectivity index (χ3v) is 6.75. The summed E-state index contributed by atoms with van der Waals surface area (Å²) in [5.74, 6) is 0.899. The lowest BCUT2D eigenvalue weighted by Crippen LogP contribution is -2.49. The van der Waals surface area contributed by atoms with E-state index in [0.29, 0.717) is 35.4 Å². The molecule has 1 aliphatic heterocycles. The SMILES string of the molecule is CC[C@H](C(=O)N[C@@H](C)c1ccc2c(c1)OCCO2)N(c1ccc(C)c(Cl)c1)S(C)(=O)=O. The van der Waals surface area contributed by atoms with E-state index in [1.807, 2.05) is 26.0 Å². The van der Waals surface area contributed by atoms with Crippen LogP contribution in [-0.4, -0.2) is 39.8 Å². The first-order chi connectivity index (χ1) is 14.6. The van der Waals surface area contributed by atoms with E-state index < -0.39 is 22.0 Å². The van der Waals surface area contributed by atoms with E-state index in [4.69, 9.17) is 21.1 Å². The van der Waals surface area contributed by atoms with Gasteiger partial charge in [-0.05, 0) is 55.7 Å². The summed E-state index contributed by atoms with van der Waals surface area (Å²) in [6.07, 6.45) is 1.37. The number of benzene rings is 2. The topological polar surface area (TPSA) is 84.9 Å². The molecule has 0 aromatic heterocycles. The maximum absolute atomic E-state index is 13.2. The number of hydrogen-bond acceptors (Lipinski definition) is 5. The van der Waals surface area contributed by atoms with Gasteiger partial charge in [-0.2, -0.15) is 0 Å². The third kappa shape index (κ3) is 5.25. The number of aryl methyl sites for hydroxylation is 1. The van der Waals surface area contributed by atoms with Crippen LogP contribution in [0.1, 0.15) is 37.4 Å². The molecule has 0 saturated carbocycles. The van der Waals surface area contributed by atoms with Crippen molar-refractivity contribution in [3.05, 3.63) is 52.5 Å². The molecule has 0 fully saturated rings. The first kappa shape index (κ1) is 23.2. The molecule has 0 unspecified atom stereocenters. The number of amides is 1. The largest absolute Gasteiger partial charge is 0.486 e. The standard InChI is InChI=1S/C22H27ClN2O5S/c1-5-19(25(31(4,27)28)17-8-6-14(2)18(23)13-17)22(26)24-15(3)16-7-9-20-21(12-16)30-11-10-29-20/h6-9,12-13,15,19H,5,10-11H2,1-4H3,(H,24,26)/t15-,19+/m0/s1. The molecule has 2 aromatic rings. The summed E-state index contributed by atoms with van der Waals surface area (Å²) < 4.78 is 37.5. The van der Waals surface area contributed by atoms with Crippen LogP contribution in [-0.2, 0) is 14.8 Å². The van der Waals surface area contributed by atoms with Crippen molar-refractivity contribution in [2.24, 2.45) is 0 Å². The van der Waals surface area contributed by atoms with Crippen molar-refractivity contribution in [1.29, 1.82) is 0 Å². The van der Waals surface area contributed by atoms with Crippen LogP contribution in [0, 0.1) is 6.92 Å². The molecule has 9 heteroatoms. The normalized spacial score (nSPS) is 15.1. The highest BCUT2D eigenvalue weighted by molar-refractivity contribution is 7.92. The van der Waals surface area contributed by atoms with Crippen molar-refractivity contribution in [3.8, 4) is 11.5 Å². The van der Waals surface area contributed by atoms with Gasteiger partial charge >= 0.3 is 0 Å². The summed E-state index contributed by atoms with van der Waals surface area (Å²) in [6.45, 7) is 6.41. The Bertz CT molecular complexity index is 1070. The Hall–Kier alpha value is -2.45. The van der Waals surface area contributed by atoms with Gasteiger partial charge in [0.15, 0.2) is 11.5 Å². The Labute approximate surface area is 188 Å². The highest BCUT2D eigenvalue weighted by Crippen LogP contribution is 2.33. The zero-order valence-corrected chi connectivity index (χ0v) is 19.6. The maximum atomic E-state index is 13.2. The van der Waals surface area contributed by atoms with Crippen molar-refractivity contribution in [2.45, 2.75) is 39.3 Å². The molecular formula is C22H27ClN2O5S. The molecule has 0 bridgehead atoms. The van der Waals surface area contributed by atoms with Crippen molar-refractivity contribution in [2.75, 3.05) is 23.8 Å². The molecule has 31 heavy (non-hydrogen) atoms. The summed E-state index contributed by atoms with van der Waals surface area (Å²) in [5.41, 5.74) is 2.01. The monoisotopic (exact) mass is 466 g/mol. The van der Waals surface area contributed by atoms with E-state index in [0.717, 1.165) is 21.7 Å². The average molecular weight is 467 g/mol. The van der Waals surface area contributed by atoms with Crippen LogP contribution < -0.4 is 19.1 Å². The van der Waals surface area contributed by atoms with Gasteiger partial charge in [-0.1, -0.05) is 30.7 Å². The van der Waals surface area contributed by atoms with Crippen LogP contribution in [0.4, 0.5) is 5.69 Å². The van der Waals surface area contributed by atoms with Crippen molar-refractivity contribution in [3.63, 3.8) is 0 Å². The lowest BCUT2D eigenvalue weighted by Gasteiger charge is -2.31. The minimum Gasteiger partial charge on any atom is -0.486 e. The molecule has 2 atom stereocenters. The van der Waals surface area contributed by atoms with Crippen LogP contribution in [0.3, 0.4) is 0 Å². The predicted molar refractivity (Wildman–Crippen MR) is 122 cm³/mol. The zero-order valence-electron chi connectivity index (χ0n) is 18.0. The predicted octanol–water partition coefficient (Wildman–Crippen LogP) is 3.84. The summed E-state index contributed by atoms with van der Waals surface area (Å²) in [5, 5.41) is 3.36. The van der Waals surface area contributed by atoms with Gasteiger partial charge < -0.3 is 14.8 Å². The molecule has 1 amide bonds. The number of anilines is 1. The summed E-state index contributed by atoms with van der Waals surface area (Å²) in [6, 6.07) is 9.16. The molecule has 1 N–H and O–H groups in total. The minimum absolute atomic E-state index is 0.290. The first-order valence-corrected chi connectivity index (χ1v) is 12.3. The minimum atomic E-state index is -3.74. The van der Waals surface area contributed by atoms with Gasteiger partial charge in [0.05, 0.1) is 18.0 Å². The lowest BCUT2D eigenvalue weighted by molar-refractivity contribution is -0.122. The molecule has 168 valence electrons. The van der Waals surface area contributed by atoms with Gasteiger partial charge in [-0.25, -0.2) is 8.42 Å². The fourth-order valence-electron chi connectivity index (χ4n) is 3.50. The van der Waals surface area contributed by atoms with Crippen LogP contribution in [0.15, 0.2) is 36.4 Å². The highest BCUT2D eigenvalue weighted by Gasteiger charge is 2.32. The van der Waals surface area contributed by atoms with E-state index >= 15 is 0 Å². The second-order valence-electron chi connectivity index (χ2n) is 7.55. The summed E-state index contributed by atoms with van der Waals surface area (Å²) in [7, 11) is -3.74. The molecule has 0 aliphatic carbocycles. The molecule has 0 spiro atoms. The molecule has 0 saturated heterocycles. The maximum Gasteiger partial charge on any atom is 0.244 e. The van der Waals surface area contributed by atoms with E-state index in [1.54, 1.807) is 31.2 Å². The fourth-order valence-corrected chi connectivity index (χ4v) is 4.88. The number of halogens is 1. The number of fused-ring (bicyclic) bond motifs is 1. The second kappa shape index (κ2) is 9.36. The fraction of sp³-hybridized carbons (Fsp3) is 0.409. The van der Waals surface area contributed by atoms with Crippen molar-refractivity contribution >= 4 is 33.2 Å². The number of nitrogens with zero attached hydrogens (tertiary/aromatic N) is 1. The molecule has 1 aliphatic rings. The Kier molecular flexibility index (Phi) is 7.01. The van der Waals surface area contributed by atoms with Gasteiger partial charge in [0.1, 0.15) is 19.3 Å². The third-order valence-electron chi connectivity index (χ3n) is 5.16. The number of ether oxygens (including phenoxy) is 2. The second-order valence-corrected chi connectivity index (χ2v) is 9.82. The highest BCUT2D eigenvalue weighted by atomic mass is 35.5. The molecule has 2 aromatic carbocycles. The number of rotatable bonds is 7. The Morgan fingerprint density at radius 3 is 2.45 bits per heavy atom. The first-order valence-electron chi connectivity index (χ1n) is 10.1. The Morgan fingerprint density at radius 1 is 1.16 bits per heavy atom. The zero-order chi connectivity index (χ0) is 22.8. The Balaban J connectivity index is 1.85. The van der Waals surface area contributed by atoms with E-state index in [9.17, 15) is 13.2 Å². The van der Waals surface area contributed by atoms with E-state index in [1.165, 1.54) is 0 Å².